The first-order valence-corrected chi connectivity index (χ1v) is 7.31. The zero-order valence-electron chi connectivity index (χ0n) is 12.9. The summed E-state index contributed by atoms with van der Waals surface area (Å²) in [7, 11) is 0. The van der Waals surface area contributed by atoms with Crippen molar-refractivity contribution in [2.24, 2.45) is 0 Å². The van der Waals surface area contributed by atoms with Crippen LogP contribution in [0, 0.1) is 0 Å². The number of Topliss-reactive ketones (excluding diaryl/α,β-unsaturated/α-hetero) is 1. The molecule has 0 saturated carbocycles. The van der Waals surface area contributed by atoms with Gasteiger partial charge >= 0.3 is 5.97 Å². The minimum atomic E-state index is -1.36. The average Bonchev–Trinajstić information content (AvgIpc) is 3.05. The van der Waals surface area contributed by atoms with E-state index in [-0.39, 0.29) is 17.5 Å². The average molecular weight is 316 g/mol. The van der Waals surface area contributed by atoms with Crippen molar-refractivity contribution in [1.82, 2.24) is 9.88 Å². The number of carbonyl (C=O) groups excluding carboxylic acids is 3. The van der Waals surface area contributed by atoms with Crippen molar-refractivity contribution in [2.45, 2.75) is 32.3 Å². The molecule has 7 heteroatoms. The first-order chi connectivity index (χ1) is 10.9. The zero-order chi connectivity index (χ0) is 16.6. The van der Waals surface area contributed by atoms with Crippen molar-refractivity contribution in [3.63, 3.8) is 0 Å². The van der Waals surface area contributed by atoms with Crippen LogP contribution >= 0.6 is 0 Å². The maximum atomic E-state index is 12.8. The largest absolute Gasteiger partial charge is 0.456 e. The van der Waals surface area contributed by atoms with Crippen molar-refractivity contribution < 1.29 is 23.9 Å². The molecular weight excluding hydrogens is 300 g/mol. The molecule has 0 bridgehead atoms. The Morgan fingerprint density at radius 1 is 1.35 bits per heavy atom. The molecule has 1 unspecified atom stereocenters. The molecule has 0 radical (unpaired) electrons. The van der Waals surface area contributed by atoms with Crippen LogP contribution in [0.3, 0.4) is 0 Å². The molecule has 0 aromatic carbocycles. The number of pyridine rings is 1. The molecule has 0 N–H and O–H groups in total. The van der Waals surface area contributed by atoms with E-state index >= 15 is 0 Å². The number of carbonyl (C=O) groups is 3. The molecule has 3 heterocycles. The van der Waals surface area contributed by atoms with Crippen molar-refractivity contribution in [1.29, 1.82) is 0 Å². The number of amides is 1. The van der Waals surface area contributed by atoms with Gasteiger partial charge in [0.1, 0.15) is 0 Å². The predicted octanol–water partition coefficient (Wildman–Crippen LogP) is 1.25. The van der Waals surface area contributed by atoms with E-state index in [0.717, 1.165) is 0 Å². The normalized spacial score (nSPS) is 24.2. The summed E-state index contributed by atoms with van der Waals surface area (Å²) in [5.74, 6) is -1.48. The predicted molar refractivity (Wildman–Crippen MR) is 77.4 cm³/mol. The van der Waals surface area contributed by atoms with Crippen LogP contribution in [-0.4, -0.2) is 34.1 Å². The molecule has 1 fully saturated rings. The topological polar surface area (TPSA) is 85.8 Å². The van der Waals surface area contributed by atoms with E-state index in [9.17, 15) is 14.4 Å². The molecule has 7 nitrogen and oxygen atoms in total. The number of hydrogen-bond acceptors (Lipinski definition) is 6. The quantitative estimate of drug-likeness (QED) is 0.780. The Balaban J connectivity index is 2.03. The van der Waals surface area contributed by atoms with Gasteiger partial charge in [-0.05, 0) is 25.5 Å². The third kappa shape index (κ3) is 2.48. The lowest BCUT2D eigenvalue weighted by molar-refractivity contribution is -0.142. The summed E-state index contributed by atoms with van der Waals surface area (Å²) in [6.07, 6.45) is 4.13. The fourth-order valence-electron chi connectivity index (χ4n) is 2.73. The van der Waals surface area contributed by atoms with Gasteiger partial charge in [-0.2, -0.15) is 0 Å². The number of ketones is 1. The molecule has 23 heavy (non-hydrogen) atoms. The number of likely N-dealkylation sites (tertiary alicyclic amines) is 1. The first kappa shape index (κ1) is 15.2. The van der Waals surface area contributed by atoms with Crippen LogP contribution in [-0.2, 0) is 29.5 Å². The first-order valence-electron chi connectivity index (χ1n) is 7.31. The van der Waals surface area contributed by atoms with Gasteiger partial charge in [-0.15, -0.1) is 0 Å². The van der Waals surface area contributed by atoms with Crippen LogP contribution in [0.5, 0.6) is 0 Å². The van der Waals surface area contributed by atoms with Crippen molar-refractivity contribution in [3.05, 3.63) is 41.7 Å². The second-order valence-electron chi connectivity index (χ2n) is 5.58. The highest BCUT2D eigenvalue weighted by Crippen LogP contribution is 2.41. The van der Waals surface area contributed by atoms with Crippen LogP contribution < -0.4 is 0 Å². The number of esters is 1. The minimum Gasteiger partial charge on any atom is -0.456 e. The summed E-state index contributed by atoms with van der Waals surface area (Å²) < 4.78 is 10.9. The smallest absolute Gasteiger partial charge is 0.308 e. The number of aromatic nitrogens is 1. The molecular formula is C16H16N2O5. The van der Waals surface area contributed by atoms with Crippen LogP contribution in [0.15, 0.2) is 36.2 Å². The van der Waals surface area contributed by atoms with E-state index in [1.807, 2.05) is 0 Å². The third-order valence-electron chi connectivity index (χ3n) is 3.93. The highest BCUT2D eigenvalue weighted by molar-refractivity contribution is 6.04. The molecule has 0 spiro atoms. The maximum Gasteiger partial charge on any atom is 0.308 e. The third-order valence-corrected chi connectivity index (χ3v) is 3.93. The lowest BCUT2D eigenvalue weighted by atomic mass is 9.92. The fraction of sp³-hybridized carbons (Fsp3) is 0.375. The van der Waals surface area contributed by atoms with Gasteiger partial charge in [-0.25, -0.2) is 0 Å². The molecule has 1 aromatic rings. The second kappa shape index (κ2) is 5.49. The number of rotatable bonds is 3. The van der Waals surface area contributed by atoms with Crippen LogP contribution in [0.4, 0.5) is 0 Å². The van der Waals surface area contributed by atoms with Crippen LogP contribution in [0.25, 0.3) is 0 Å². The van der Waals surface area contributed by atoms with E-state index in [4.69, 9.17) is 9.47 Å². The van der Waals surface area contributed by atoms with Gasteiger partial charge in [-0.3, -0.25) is 24.3 Å². The lowest BCUT2D eigenvalue weighted by Crippen LogP contribution is -2.32. The van der Waals surface area contributed by atoms with Gasteiger partial charge in [-0.1, -0.05) is 0 Å². The van der Waals surface area contributed by atoms with Gasteiger partial charge in [0.25, 0.3) is 5.78 Å². The van der Waals surface area contributed by atoms with Crippen molar-refractivity contribution in [3.8, 4) is 0 Å². The molecule has 3 rings (SSSR count). The monoisotopic (exact) mass is 316 g/mol. The van der Waals surface area contributed by atoms with Gasteiger partial charge in [0.15, 0.2) is 5.60 Å². The van der Waals surface area contributed by atoms with Crippen LogP contribution in [0.1, 0.15) is 32.3 Å². The summed E-state index contributed by atoms with van der Waals surface area (Å²) >= 11 is 0. The molecule has 2 aliphatic rings. The maximum absolute atomic E-state index is 12.8. The molecule has 2 aliphatic heterocycles. The van der Waals surface area contributed by atoms with Crippen LogP contribution in [0.2, 0.25) is 0 Å². The SMILES string of the molecule is CC(=O)OC1=C(N2CCCC2=O)OC(C)(c2ccncc2)C1=O. The molecule has 1 aromatic heterocycles. The van der Waals surface area contributed by atoms with Gasteiger partial charge in [0.05, 0.1) is 0 Å². The summed E-state index contributed by atoms with van der Waals surface area (Å²) in [6.45, 7) is 3.21. The molecule has 1 saturated heterocycles. The van der Waals surface area contributed by atoms with E-state index in [2.05, 4.69) is 4.98 Å². The summed E-state index contributed by atoms with van der Waals surface area (Å²) in [6, 6.07) is 3.30. The Hall–Kier alpha value is -2.70. The van der Waals surface area contributed by atoms with Crippen molar-refractivity contribution in [2.75, 3.05) is 6.54 Å². The summed E-state index contributed by atoms with van der Waals surface area (Å²) in [5.41, 5.74) is -0.782. The van der Waals surface area contributed by atoms with Gasteiger partial charge in [0.2, 0.25) is 17.5 Å². The Labute approximate surface area is 132 Å². The lowest BCUT2D eigenvalue weighted by Gasteiger charge is -2.25. The second-order valence-corrected chi connectivity index (χ2v) is 5.58. The molecule has 0 aliphatic carbocycles. The highest BCUT2D eigenvalue weighted by atomic mass is 16.6. The number of hydrogen-bond donors (Lipinski definition) is 0. The summed E-state index contributed by atoms with van der Waals surface area (Å²) in [5, 5.41) is 0. The Bertz CT molecular complexity index is 712. The molecule has 1 atom stereocenters. The van der Waals surface area contributed by atoms with Gasteiger partial charge in [0, 0.05) is 37.8 Å². The fourth-order valence-corrected chi connectivity index (χ4v) is 2.73. The number of ether oxygens (including phenoxy) is 2. The molecule has 120 valence electrons. The standard InChI is InChI=1S/C16H16N2O5/c1-10(19)22-13-14(21)16(2,11-5-7-17-8-6-11)23-15(13)18-9-3-4-12(18)20/h5-8H,3-4,9H2,1-2H3. The van der Waals surface area contributed by atoms with E-state index < -0.39 is 17.4 Å². The molecule has 1 amide bonds. The Kier molecular flexibility index (Phi) is 3.63. The van der Waals surface area contributed by atoms with E-state index in [1.165, 1.54) is 11.8 Å². The van der Waals surface area contributed by atoms with Gasteiger partial charge < -0.3 is 9.47 Å². The van der Waals surface area contributed by atoms with Crippen molar-refractivity contribution >= 4 is 17.7 Å². The zero-order valence-corrected chi connectivity index (χ0v) is 12.9. The minimum absolute atomic E-state index is 0.0204. The van der Waals surface area contributed by atoms with E-state index in [1.54, 1.807) is 31.5 Å². The summed E-state index contributed by atoms with van der Waals surface area (Å²) in [4.78, 5) is 41.5. The Morgan fingerprint density at radius 3 is 2.61 bits per heavy atom. The highest BCUT2D eigenvalue weighted by Gasteiger charge is 2.51. The number of nitrogens with zero attached hydrogens (tertiary/aromatic N) is 2. The Morgan fingerprint density at radius 2 is 2.04 bits per heavy atom. The van der Waals surface area contributed by atoms with E-state index in [0.29, 0.717) is 24.9 Å².